The first-order chi connectivity index (χ1) is 8.38. The van der Waals surface area contributed by atoms with Gasteiger partial charge in [0.15, 0.2) is 0 Å². The molecule has 0 unspecified atom stereocenters. The van der Waals surface area contributed by atoms with Crippen molar-refractivity contribution >= 4 is 10.9 Å². The predicted molar refractivity (Wildman–Crippen MR) is 68.5 cm³/mol. The Kier molecular flexibility index (Phi) is 2.87. The van der Waals surface area contributed by atoms with Crippen LogP contribution in [-0.2, 0) is 18.0 Å². The van der Waals surface area contributed by atoms with E-state index < -0.39 is 0 Å². The van der Waals surface area contributed by atoms with Gasteiger partial charge in [0.1, 0.15) is 6.73 Å². The third-order valence-corrected chi connectivity index (χ3v) is 3.37. The van der Waals surface area contributed by atoms with Crippen molar-refractivity contribution in [3.05, 3.63) is 36.0 Å². The van der Waals surface area contributed by atoms with Crippen molar-refractivity contribution in [2.45, 2.75) is 26.1 Å². The lowest BCUT2D eigenvalue weighted by atomic mass is 10.1. The van der Waals surface area contributed by atoms with Crippen LogP contribution in [0.3, 0.4) is 0 Å². The lowest BCUT2D eigenvalue weighted by molar-refractivity contribution is 0.0717. The lowest BCUT2D eigenvalue weighted by Gasteiger charge is -2.09. The summed E-state index contributed by atoms with van der Waals surface area (Å²) in [6.45, 7) is 2.10. The average molecular weight is 230 g/mol. The van der Waals surface area contributed by atoms with Gasteiger partial charge in [0, 0.05) is 12.7 Å². The molecule has 0 bridgehead atoms. The highest BCUT2D eigenvalue weighted by Gasteiger charge is 2.21. The van der Waals surface area contributed by atoms with E-state index in [0.29, 0.717) is 13.3 Å². The maximum absolute atomic E-state index is 5.78. The summed E-state index contributed by atoms with van der Waals surface area (Å²) in [6, 6.07) is 8.38. The van der Waals surface area contributed by atoms with Gasteiger partial charge in [-0.2, -0.15) is 0 Å². The van der Waals surface area contributed by atoms with E-state index in [1.165, 1.54) is 29.3 Å². The number of hydrogen-bond acceptors (Lipinski definition) is 2. The van der Waals surface area contributed by atoms with E-state index in [4.69, 9.17) is 10.5 Å². The molecule has 1 saturated carbocycles. The summed E-state index contributed by atoms with van der Waals surface area (Å²) in [7, 11) is 0. The Bertz CT molecular complexity index is 514. The summed E-state index contributed by atoms with van der Waals surface area (Å²) in [4.78, 5) is 0. The smallest absolute Gasteiger partial charge is 0.122 e. The highest BCUT2D eigenvalue weighted by Crippen LogP contribution is 2.29. The first-order valence-corrected chi connectivity index (χ1v) is 6.23. The second-order valence-corrected chi connectivity index (χ2v) is 4.79. The average Bonchev–Trinajstić information content (AvgIpc) is 3.09. The Balaban J connectivity index is 1.82. The zero-order valence-corrected chi connectivity index (χ0v) is 9.93. The molecule has 2 N–H and O–H groups in total. The van der Waals surface area contributed by atoms with Crippen LogP contribution in [-0.4, -0.2) is 11.2 Å². The second kappa shape index (κ2) is 4.51. The molecule has 0 radical (unpaired) electrons. The van der Waals surface area contributed by atoms with E-state index in [1.54, 1.807) is 0 Å². The Morgan fingerprint density at radius 2 is 2.18 bits per heavy atom. The fraction of sp³-hybridized carbons (Fsp3) is 0.429. The largest absolute Gasteiger partial charge is 0.360 e. The number of para-hydroxylation sites is 1. The first kappa shape index (κ1) is 10.8. The van der Waals surface area contributed by atoms with Crippen molar-refractivity contribution in [2.24, 2.45) is 11.7 Å². The van der Waals surface area contributed by atoms with Crippen molar-refractivity contribution in [2.75, 3.05) is 6.61 Å². The Hall–Kier alpha value is -1.32. The second-order valence-electron chi connectivity index (χ2n) is 4.79. The van der Waals surface area contributed by atoms with E-state index in [-0.39, 0.29) is 0 Å². The van der Waals surface area contributed by atoms with Gasteiger partial charge in [-0.3, -0.25) is 0 Å². The summed E-state index contributed by atoms with van der Waals surface area (Å²) in [5.41, 5.74) is 8.17. The van der Waals surface area contributed by atoms with E-state index in [1.807, 2.05) is 0 Å². The fourth-order valence-electron chi connectivity index (χ4n) is 2.22. The molecule has 1 aliphatic carbocycles. The minimum absolute atomic E-state index is 0.573. The number of fused-ring (bicyclic) bond motifs is 1. The molecule has 17 heavy (non-hydrogen) atoms. The van der Waals surface area contributed by atoms with Crippen molar-refractivity contribution < 1.29 is 4.74 Å². The highest BCUT2D eigenvalue weighted by molar-refractivity contribution is 5.83. The van der Waals surface area contributed by atoms with Crippen molar-refractivity contribution in [3.8, 4) is 0 Å². The van der Waals surface area contributed by atoms with Gasteiger partial charge >= 0.3 is 0 Å². The molecular formula is C14H18N2O. The summed E-state index contributed by atoms with van der Waals surface area (Å²) in [6.07, 6.45) is 4.75. The monoisotopic (exact) mass is 230 g/mol. The maximum Gasteiger partial charge on any atom is 0.122 e. The van der Waals surface area contributed by atoms with E-state index in [9.17, 15) is 0 Å². The van der Waals surface area contributed by atoms with Crippen LogP contribution in [0.25, 0.3) is 10.9 Å². The predicted octanol–water partition coefficient (Wildman–Crippen LogP) is 2.48. The van der Waals surface area contributed by atoms with Gasteiger partial charge in [0.25, 0.3) is 0 Å². The van der Waals surface area contributed by atoms with Gasteiger partial charge in [0.2, 0.25) is 0 Å². The van der Waals surface area contributed by atoms with Crippen LogP contribution >= 0.6 is 0 Å². The van der Waals surface area contributed by atoms with Crippen molar-refractivity contribution in [1.29, 1.82) is 0 Å². The number of hydrogen-bond donors (Lipinski definition) is 1. The van der Waals surface area contributed by atoms with Crippen LogP contribution in [0.1, 0.15) is 18.4 Å². The lowest BCUT2D eigenvalue weighted by Crippen LogP contribution is -2.06. The Labute approximate surface area is 101 Å². The number of aromatic nitrogens is 1. The molecule has 0 atom stereocenters. The maximum atomic E-state index is 5.78. The molecule has 1 aromatic heterocycles. The molecule has 90 valence electrons. The minimum atomic E-state index is 0.573. The zero-order valence-electron chi connectivity index (χ0n) is 9.93. The van der Waals surface area contributed by atoms with Crippen molar-refractivity contribution in [1.82, 2.24) is 4.57 Å². The van der Waals surface area contributed by atoms with E-state index >= 15 is 0 Å². The molecule has 1 fully saturated rings. The molecule has 0 spiro atoms. The van der Waals surface area contributed by atoms with Gasteiger partial charge in [-0.25, -0.2) is 0 Å². The summed E-state index contributed by atoms with van der Waals surface area (Å²) >= 11 is 0. The summed E-state index contributed by atoms with van der Waals surface area (Å²) in [5, 5.41) is 1.24. The minimum Gasteiger partial charge on any atom is -0.360 e. The Morgan fingerprint density at radius 1 is 1.29 bits per heavy atom. The highest BCUT2D eigenvalue weighted by atomic mass is 16.5. The summed E-state index contributed by atoms with van der Waals surface area (Å²) < 4.78 is 7.88. The van der Waals surface area contributed by atoms with Gasteiger partial charge in [0.05, 0.1) is 12.1 Å². The van der Waals surface area contributed by atoms with Gasteiger partial charge in [-0.05, 0) is 35.8 Å². The number of rotatable bonds is 5. The van der Waals surface area contributed by atoms with E-state index in [2.05, 4.69) is 35.0 Å². The molecule has 3 rings (SSSR count). The number of benzene rings is 1. The van der Waals surface area contributed by atoms with Crippen LogP contribution in [0.5, 0.6) is 0 Å². The van der Waals surface area contributed by atoms with Crippen LogP contribution < -0.4 is 5.73 Å². The molecule has 1 aromatic carbocycles. The van der Waals surface area contributed by atoms with Crippen LogP contribution in [0, 0.1) is 5.92 Å². The first-order valence-electron chi connectivity index (χ1n) is 6.23. The standard InChI is InChI=1S/C14H18N2O/c15-8-13-3-1-2-12-6-7-16(14(12)13)10-17-9-11-4-5-11/h1-3,6-7,11H,4-5,8-10,15H2. The molecule has 1 aliphatic rings. The Morgan fingerprint density at radius 3 is 2.94 bits per heavy atom. The van der Waals surface area contributed by atoms with Crippen LogP contribution in [0.15, 0.2) is 30.5 Å². The third-order valence-electron chi connectivity index (χ3n) is 3.37. The number of nitrogens with two attached hydrogens (primary N) is 1. The molecule has 1 heterocycles. The van der Waals surface area contributed by atoms with Gasteiger partial charge < -0.3 is 15.0 Å². The van der Waals surface area contributed by atoms with Gasteiger partial charge in [-0.1, -0.05) is 18.2 Å². The SMILES string of the molecule is NCc1cccc2ccn(COCC3CC3)c12. The van der Waals surface area contributed by atoms with E-state index in [0.717, 1.165) is 12.5 Å². The molecule has 0 amide bonds. The van der Waals surface area contributed by atoms with Crippen LogP contribution in [0.2, 0.25) is 0 Å². The van der Waals surface area contributed by atoms with Gasteiger partial charge in [-0.15, -0.1) is 0 Å². The quantitative estimate of drug-likeness (QED) is 0.857. The molecule has 2 aromatic rings. The normalized spacial score (nSPS) is 15.6. The molecule has 3 heteroatoms. The molecule has 3 nitrogen and oxygen atoms in total. The molecular weight excluding hydrogens is 212 g/mol. The van der Waals surface area contributed by atoms with Crippen molar-refractivity contribution in [3.63, 3.8) is 0 Å². The zero-order chi connectivity index (χ0) is 11.7. The summed E-state index contributed by atoms with van der Waals surface area (Å²) in [5.74, 6) is 0.811. The third kappa shape index (κ3) is 2.21. The number of nitrogens with zero attached hydrogens (tertiary/aromatic N) is 1. The topological polar surface area (TPSA) is 40.2 Å². The molecule has 0 saturated heterocycles. The fourth-order valence-corrected chi connectivity index (χ4v) is 2.22. The number of ether oxygens (including phenoxy) is 1. The molecule has 0 aliphatic heterocycles. The van der Waals surface area contributed by atoms with Crippen LogP contribution in [0.4, 0.5) is 0 Å².